The van der Waals surface area contributed by atoms with Gasteiger partial charge in [0.2, 0.25) is 0 Å². The Balaban J connectivity index is 1.59. The Kier molecular flexibility index (Phi) is 8.85. The van der Waals surface area contributed by atoms with Crippen LogP contribution in [0.15, 0.2) is 77.8 Å². The first-order valence-corrected chi connectivity index (χ1v) is 11.1. The van der Waals surface area contributed by atoms with Crippen LogP contribution < -0.4 is 0 Å². The molecule has 0 atom stereocenters. The summed E-state index contributed by atoms with van der Waals surface area (Å²) in [6, 6.07) is 24.3. The average Bonchev–Trinajstić information content (AvgIpc) is 2.82. The van der Waals surface area contributed by atoms with Crippen LogP contribution in [-0.2, 0) is 0 Å². The minimum absolute atomic E-state index is 0.810. The number of rotatable bonds is 6. The molecule has 0 aliphatic carbocycles. The van der Waals surface area contributed by atoms with Gasteiger partial charge in [0, 0.05) is 23.1 Å². The highest BCUT2D eigenvalue weighted by Gasteiger charge is 1.98. The van der Waals surface area contributed by atoms with Crippen LogP contribution in [0.3, 0.4) is 0 Å². The van der Waals surface area contributed by atoms with Crippen LogP contribution in [-0.4, -0.2) is 5.16 Å². The summed E-state index contributed by atoms with van der Waals surface area (Å²) in [4.78, 5) is 3.98. The Labute approximate surface area is 191 Å². The van der Waals surface area contributed by atoms with Crippen LogP contribution in [0, 0.1) is 23.7 Å². The van der Waals surface area contributed by atoms with Crippen molar-refractivity contribution in [2.24, 2.45) is 4.99 Å². The number of hydrogen-bond donors (Lipinski definition) is 0. The van der Waals surface area contributed by atoms with E-state index in [-0.39, 0.29) is 0 Å². The third kappa shape index (κ3) is 7.40. The van der Waals surface area contributed by atoms with Crippen molar-refractivity contribution in [3.8, 4) is 34.8 Å². The summed E-state index contributed by atoms with van der Waals surface area (Å²) in [5.74, 6) is 13.0. The van der Waals surface area contributed by atoms with Crippen molar-refractivity contribution in [1.82, 2.24) is 0 Å². The first-order valence-electron chi connectivity index (χ1n) is 10.7. The Bertz CT molecular complexity index is 1140. The van der Waals surface area contributed by atoms with Crippen molar-refractivity contribution < 1.29 is 0 Å². The van der Waals surface area contributed by atoms with Gasteiger partial charge in [0.05, 0.1) is 10.8 Å². The van der Waals surface area contributed by atoms with E-state index in [0.717, 1.165) is 39.9 Å². The Morgan fingerprint density at radius 1 is 0.645 bits per heavy atom. The highest BCUT2D eigenvalue weighted by Crippen LogP contribution is 2.22. The van der Waals surface area contributed by atoms with Crippen LogP contribution in [0.2, 0.25) is 0 Å². The number of thiocarbonyl (C=S) groups is 1. The second-order valence-corrected chi connectivity index (χ2v) is 7.45. The lowest BCUT2D eigenvalue weighted by atomic mass is 10.0. The Morgan fingerprint density at radius 3 is 1.71 bits per heavy atom. The molecule has 0 bridgehead atoms. The molecule has 3 aromatic carbocycles. The third-order valence-corrected chi connectivity index (χ3v) is 4.98. The van der Waals surface area contributed by atoms with E-state index in [0.29, 0.717) is 0 Å². The molecule has 0 radical (unpaired) electrons. The molecule has 3 aromatic rings. The van der Waals surface area contributed by atoms with E-state index in [1.807, 2.05) is 60.7 Å². The van der Waals surface area contributed by atoms with Gasteiger partial charge in [-0.15, -0.1) is 0 Å². The van der Waals surface area contributed by atoms with Crippen LogP contribution >= 0.6 is 12.2 Å². The van der Waals surface area contributed by atoms with Crippen molar-refractivity contribution in [2.45, 2.75) is 39.0 Å². The van der Waals surface area contributed by atoms with Crippen LogP contribution in [0.4, 0.5) is 5.69 Å². The third-order valence-electron chi connectivity index (χ3n) is 4.88. The first-order chi connectivity index (χ1) is 15.3. The zero-order valence-corrected chi connectivity index (χ0v) is 18.6. The second kappa shape index (κ2) is 12.3. The van der Waals surface area contributed by atoms with Crippen LogP contribution in [0.5, 0.6) is 0 Å². The largest absolute Gasteiger partial charge is 0.195 e. The van der Waals surface area contributed by atoms with Crippen LogP contribution in [0.1, 0.15) is 55.7 Å². The lowest BCUT2D eigenvalue weighted by Crippen LogP contribution is -1.80. The van der Waals surface area contributed by atoms with Crippen LogP contribution in [0.25, 0.3) is 11.1 Å². The molecule has 31 heavy (non-hydrogen) atoms. The summed E-state index contributed by atoms with van der Waals surface area (Å²) in [5, 5.41) is 2.38. The van der Waals surface area contributed by atoms with Crippen molar-refractivity contribution in [3.05, 3.63) is 89.5 Å². The van der Waals surface area contributed by atoms with Crippen molar-refractivity contribution >= 4 is 23.1 Å². The highest BCUT2D eigenvalue weighted by molar-refractivity contribution is 7.78. The summed E-state index contributed by atoms with van der Waals surface area (Å²) in [5.41, 5.74) is 6.11. The summed E-state index contributed by atoms with van der Waals surface area (Å²) in [6.45, 7) is 2.23. The van der Waals surface area contributed by atoms with Gasteiger partial charge in [0.25, 0.3) is 0 Å². The first kappa shape index (κ1) is 22.3. The van der Waals surface area contributed by atoms with E-state index >= 15 is 0 Å². The quantitative estimate of drug-likeness (QED) is 0.172. The molecule has 0 fully saturated rings. The molecule has 0 aliphatic rings. The molecule has 0 spiro atoms. The van der Waals surface area contributed by atoms with Crippen molar-refractivity contribution in [2.75, 3.05) is 0 Å². The van der Waals surface area contributed by atoms with E-state index in [1.165, 1.54) is 25.7 Å². The SMILES string of the molecule is CCCCCCC#Cc1ccc(C#Cc2ccc(-c3ccc(N=C=S)cc3)cc2)cc1. The Hall–Kier alpha value is -3.42. The lowest BCUT2D eigenvalue weighted by molar-refractivity contribution is 0.679. The normalized spacial score (nSPS) is 9.58. The standard InChI is InChI=1S/C29H25NS/c1-2-3-4-5-6-7-8-24-9-11-25(12-10-24)13-14-26-15-17-27(18-16-26)28-19-21-29(22-20-28)30-23-31/h9-12,15-22H,2-6H2,1H3. The van der Waals surface area contributed by atoms with Gasteiger partial charge in [-0.05, 0) is 78.3 Å². The van der Waals surface area contributed by atoms with Gasteiger partial charge in [-0.1, -0.05) is 74.1 Å². The van der Waals surface area contributed by atoms with Gasteiger partial charge in [-0.2, -0.15) is 4.99 Å². The van der Waals surface area contributed by atoms with E-state index in [1.54, 1.807) is 0 Å². The van der Waals surface area contributed by atoms with Gasteiger partial charge in [0.15, 0.2) is 0 Å². The maximum Gasteiger partial charge on any atom is 0.0739 e. The minimum atomic E-state index is 0.810. The maximum atomic E-state index is 4.64. The fourth-order valence-electron chi connectivity index (χ4n) is 3.11. The summed E-state index contributed by atoms with van der Waals surface area (Å²) in [7, 11) is 0. The molecule has 0 heterocycles. The van der Waals surface area contributed by atoms with Crippen molar-refractivity contribution in [1.29, 1.82) is 0 Å². The van der Waals surface area contributed by atoms with E-state index in [2.05, 4.69) is 65.1 Å². The number of nitrogens with zero attached hydrogens (tertiary/aromatic N) is 1. The smallest absolute Gasteiger partial charge is 0.0739 e. The molecule has 1 nitrogen and oxygen atoms in total. The van der Waals surface area contributed by atoms with Gasteiger partial charge in [-0.3, -0.25) is 0 Å². The van der Waals surface area contributed by atoms with Gasteiger partial charge >= 0.3 is 0 Å². The molecule has 0 saturated heterocycles. The summed E-state index contributed by atoms with van der Waals surface area (Å²) in [6.07, 6.45) is 6.00. The van der Waals surface area contributed by atoms with Gasteiger partial charge < -0.3 is 0 Å². The van der Waals surface area contributed by atoms with Crippen molar-refractivity contribution in [3.63, 3.8) is 0 Å². The van der Waals surface area contributed by atoms with E-state index in [4.69, 9.17) is 0 Å². The number of aliphatic imine (C=N–C) groups is 1. The molecule has 152 valence electrons. The molecule has 2 heteroatoms. The maximum absolute atomic E-state index is 4.64. The molecule has 0 saturated carbocycles. The van der Waals surface area contributed by atoms with E-state index in [9.17, 15) is 0 Å². The molecule has 0 unspecified atom stereocenters. The molecule has 0 aliphatic heterocycles. The highest BCUT2D eigenvalue weighted by atomic mass is 32.1. The Morgan fingerprint density at radius 2 is 1.16 bits per heavy atom. The van der Waals surface area contributed by atoms with E-state index < -0.39 is 0 Å². The van der Waals surface area contributed by atoms with Gasteiger partial charge in [0.1, 0.15) is 0 Å². The average molecular weight is 420 g/mol. The lowest BCUT2D eigenvalue weighted by Gasteiger charge is -2.02. The monoisotopic (exact) mass is 419 g/mol. The molecule has 0 N–H and O–H groups in total. The molecule has 0 aromatic heterocycles. The fourth-order valence-corrected chi connectivity index (χ4v) is 3.22. The molecule has 3 rings (SSSR count). The van der Waals surface area contributed by atoms with Gasteiger partial charge in [-0.25, -0.2) is 0 Å². The number of isothiocyanates is 1. The topological polar surface area (TPSA) is 12.4 Å². The zero-order chi connectivity index (χ0) is 21.7. The predicted octanol–water partition coefficient (Wildman–Crippen LogP) is 7.81. The predicted molar refractivity (Wildman–Crippen MR) is 135 cm³/mol. The molecule has 0 amide bonds. The summed E-state index contributed by atoms with van der Waals surface area (Å²) < 4.78 is 0. The zero-order valence-electron chi connectivity index (χ0n) is 17.8. The minimum Gasteiger partial charge on any atom is -0.195 e. The number of hydrogen-bond acceptors (Lipinski definition) is 2. The second-order valence-electron chi connectivity index (χ2n) is 7.27. The molecular weight excluding hydrogens is 394 g/mol. The fraction of sp³-hybridized carbons (Fsp3) is 0.207. The molecular formula is C29H25NS. The summed E-state index contributed by atoms with van der Waals surface area (Å²) >= 11 is 4.64. The number of benzene rings is 3. The number of unbranched alkanes of at least 4 members (excludes halogenated alkanes) is 4.